The Hall–Kier alpha value is -2.17. The van der Waals surface area contributed by atoms with Gasteiger partial charge in [0.1, 0.15) is 0 Å². The van der Waals surface area contributed by atoms with Crippen LogP contribution in [0.1, 0.15) is 5.56 Å². The van der Waals surface area contributed by atoms with E-state index in [-0.39, 0.29) is 22.1 Å². The zero-order valence-electron chi connectivity index (χ0n) is 13.9. The van der Waals surface area contributed by atoms with E-state index in [9.17, 15) is 18.0 Å². The lowest BCUT2D eigenvalue weighted by molar-refractivity contribution is -0.113. The maximum atomic E-state index is 12.2. The molecule has 1 aromatic heterocycles. The number of aromatic amines is 1. The number of aromatic nitrogens is 2. The lowest BCUT2D eigenvalue weighted by Crippen LogP contribution is -2.22. The first kappa shape index (κ1) is 19.2. The van der Waals surface area contributed by atoms with Gasteiger partial charge in [0, 0.05) is 32.0 Å². The van der Waals surface area contributed by atoms with E-state index in [0.717, 1.165) is 21.6 Å². The van der Waals surface area contributed by atoms with Crippen molar-refractivity contribution >= 4 is 33.4 Å². The number of H-pyrrole nitrogens is 1. The van der Waals surface area contributed by atoms with Gasteiger partial charge in [-0.05, 0) is 24.6 Å². The number of carbonyl (C=O) groups is 1. The quantitative estimate of drug-likeness (QED) is 0.571. The molecule has 1 amide bonds. The first-order chi connectivity index (χ1) is 11.7. The fourth-order valence-electron chi connectivity index (χ4n) is 1.85. The van der Waals surface area contributed by atoms with Crippen molar-refractivity contribution in [3.63, 3.8) is 0 Å². The molecule has 8 nitrogen and oxygen atoms in total. The molecule has 2 aromatic rings. The number of amides is 1. The molecule has 25 heavy (non-hydrogen) atoms. The Morgan fingerprint density at radius 1 is 1.32 bits per heavy atom. The van der Waals surface area contributed by atoms with Crippen LogP contribution in [0.4, 0.5) is 5.69 Å². The van der Waals surface area contributed by atoms with Gasteiger partial charge in [0.2, 0.25) is 15.9 Å². The van der Waals surface area contributed by atoms with Crippen LogP contribution < -0.4 is 10.9 Å². The van der Waals surface area contributed by atoms with Crippen molar-refractivity contribution in [3.05, 3.63) is 46.4 Å². The van der Waals surface area contributed by atoms with Crippen LogP contribution in [0.3, 0.4) is 0 Å². The summed E-state index contributed by atoms with van der Waals surface area (Å²) >= 11 is 1.08. The van der Waals surface area contributed by atoms with Crippen molar-refractivity contribution in [2.24, 2.45) is 0 Å². The largest absolute Gasteiger partial charge is 0.325 e. The van der Waals surface area contributed by atoms with Crippen LogP contribution in [0.15, 0.2) is 45.3 Å². The van der Waals surface area contributed by atoms with Gasteiger partial charge in [-0.3, -0.25) is 9.59 Å². The zero-order chi connectivity index (χ0) is 18.6. The molecule has 0 atom stereocenters. The Labute approximate surface area is 149 Å². The van der Waals surface area contributed by atoms with E-state index in [0.29, 0.717) is 10.8 Å². The Morgan fingerprint density at radius 2 is 2.04 bits per heavy atom. The third kappa shape index (κ3) is 4.91. The van der Waals surface area contributed by atoms with Crippen LogP contribution in [0, 0.1) is 6.92 Å². The fraction of sp³-hybridized carbons (Fsp3) is 0.267. The number of rotatable bonds is 6. The molecule has 2 rings (SSSR count). The standard InChI is InChI=1S/C15H18N4O4S2/c1-10-4-5-11(25(22,23)19(2)3)8-12(10)17-14(21)9-24-15-16-7-6-13(20)18-15/h4-8H,9H2,1-3H3,(H,17,21)(H,16,18,20). The molecular weight excluding hydrogens is 364 g/mol. The summed E-state index contributed by atoms with van der Waals surface area (Å²) in [6.45, 7) is 1.77. The van der Waals surface area contributed by atoms with Crippen molar-refractivity contribution in [1.82, 2.24) is 14.3 Å². The molecule has 1 aromatic carbocycles. The number of nitrogens with one attached hydrogen (secondary N) is 2. The maximum Gasteiger partial charge on any atom is 0.251 e. The molecule has 10 heteroatoms. The number of thioether (sulfide) groups is 1. The van der Waals surface area contributed by atoms with Gasteiger partial charge in [0.25, 0.3) is 5.56 Å². The van der Waals surface area contributed by atoms with Crippen LogP contribution in [-0.2, 0) is 14.8 Å². The molecule has 0 unspecified atom stereocenters. The van der Waals surface area contributed by atoms with Gasteiger partial charge in [0.05, 0.1) is 10.6 Å². The van der Waals surface area contributed by atoms with Gasteiger partial charge in [-0.1, -0.05) is 17.8 Å². The van der Waals surface area contributed by atoms with Gasteiger partial charge in [0.15, 0.2) is 5.16 Å². The summed E-state index contributed by atoms with van der Waals surface area (Å²) in [6.07, 6.45) is 1.36. The maximum absolute atomic E-state index is 12.2. The monoisotopic (exact) mass is 382 g/mol. The highest BCUT2D eigenvalue weighted by atomic mass is 32.2. The second-order valence-electron chi connectivity index (χ2n) is 5.34. The smallest absolute Gasteiger partial charge is 0.251 e. The third-order valence-electron chi connectivity index (χ3n) is 3.25. The fourth-order valence-corrected chi connectivity index (χ4v) is 3.43. The molecule has 0 saturated heterocycles. The molecule has 0 bridgehead atoms. The van der Waals surface area contributed by atoms with Crippen LogP contribution in [0.2, 0.25) is 0 Å². The minimum atomic E-state index is -3.58. The number of hydrogen-bond acceptors (Lipinski definition) is 6. The summed E-state index contributed by atoms with van der Waals surface area (Å²) in [4.78, 5) is 29.8. The average Bonchev–Trinajstić information content (AvgIpc) is 2.55. The van der Waals surface area contributed by atoms with Crippen LogP contribution in [0.5, 0.6) is 0 Å². The van der Waals surface area contributed by atoms with Crippen molar-refractivity contribution in [2.75, 3.05) is 25.2 Å². The van der Waals surface area contributed by atoms with E-state index in [4.69, 9.17) is 0 Å². The van der Waals surface area contributed by atoms with E-state index in [2.05, 4.69) is 15.3 Å². The van der Waals surface area contributed by atoms with Gasteiger partial charge >= 0.3 is 0 Å². The molecule has 134 valence electrons. The minimum absolute atomic E-state index is 0.0249. The normalized spacial score (nSPS) is 11.5. The predicted molar refractivity (Wildman–Crippen MR) is 96.3 cm³/mol. The molecular formula is C15H18N4O4S2. The van der Waals surface area contributed by atoms with Crippen molar-refractivity contribution < 1.29 is 13.2 Å². The summed E-state index contributed by atoms with van der Waals surface area (Å²) < 4.78 is 25.5. The molecule has 0 aliphatic rings. The molecule has 0 fully saturated rings. The van der Waals surface area contributed by atoms with Gasteiger partial charge in [-0.15, -0.1) is 0 Å². The highest BCUT2D eigenvalue weighted by molar-refractivity contribution is 7.99. The number of sulfonamides is 1. The van der Waals surface area contributed by atoms with E-state index in [1.54, 1.807) is 13.0 Å². The Morgan fingerprint density at radius 3 is 2.68 bits per heavy atom. The Balaban J connectivity index is 2.11. The summed E-state index contributed by atoms with van der Waals surface area (Å²) in [5, 5.41) is 3.02. The number of anilines is 1. The number of hydrogen-bond donors (Lipinski definition) is 2. The Bertz CT molecular complexity index is 939. The Kier molecular flexibility index (Phi) is 5.98. The van der Waals surface area contributed by atoms with Gasteiger partial charge in [-0.2, -0.15) is 0 Å². The van der Waals surface area contributed by atoms with Crippen molar-refractivity contribution in [2.45, 2.75) is 17.0 Å². The lowest BCUT2D eigenvalue weighted by atomic mass is 10.2. The van der Waals surface area contributed by atoms with Gasteiger partial charge in [-0.25, -0.2) is 17.7 Å². The molecule has 0 aliphatic carbocycles. The van der Waals surface area contributed by atoms with Gasteiger partial charge < -0.3 is 10.3 Å². The molecule has 0 radical (unpaired) electrons. The molecule has 1 heterocycles. The van der Waals surface area contributed by atoms with E-state index < -0.39 is 10.0 Å². The summed E-state index contributed by atoms with van der Waals surface area (Å²) in [5.74, 6) is -0.309. The highest BCUT2D eigenvalue weighted by Crippen LogP contribution is 2.22. The molecule has 2 N–H and O–H groups in total. The van der Waals surface area contributed by atoms with Crippen molar-refractivity contribution in [3.8, 4) is 0 Å². The van der Waals surface area contributed by atoms with E-state index in [1.807, 2.05) is 0 Å². The third-order valence-corrected chi connectivity index (χ3v) is 5.95. The summed E-state index contributed by atoms with van der Waals surface area (Å²) in [7, 11) is -0.701. The SMILES string of the molecule is Cc1ccc(S(=O)(=O)N(C)C)cc1NC(=O)CSc1nccc(=O)[nH]1. The summed E-state index contributed by atoms with van der Waals surface area (Å²) in [6, 6.07) is 5.84. The molecule has 0 spiro atoms. The first-order valence-corrected chi connectivity index (χ1v) is 9.64. The number of carbonyl (C=O) groups excluding carboxylic acids is 1. The van der Waals surface area contributed by atoms with Crippen LogP contribution in [0.25, 0.3) is 0 Å². The predicted octanol–water partition coefficient (Wildman–Crippen LogP) is 1.06. The minimum Gasteiger partial charge on any atom is -0.325 e. The van der Waals surface area contributed by atoms with E-state index >= 15 is 0 Å². The number of aryl methyl sites for hydroxylation is 1. The second-order valence-corrected chi connectivity index (χ2v) is 8.46. The highest BCUT2D eigenvalue weighted by Gasteiger charge is 2.18. The molecule has 0 aliphatic heterocycles. The molecule has 0 saturated carbocycles. The average molecular weight is 382 g/mol. The number of benzene rings is 1. The van der Waals surface area contributed by atoms with Crippen LogP contribution in [-0.4, -0.2) is 48.4 Å². The van der Waals surface area contributed by atoms with E-state index in [1.165, 1.54) is 38.5 Å². The topological polar surface area (TPSA) is 112 Å². The first-order valence-electron chi connectivity index (χ1n) is 7.21. The second kappa shape index (κ2) is 7.81. The lowest BCUT2D eigenvalue weighted by Gasteiger charge is -2.14. The van der Waals surface area contributed by atoms with Crippen molar-refractivity contribution in [1.29, 1.82) is 0 Å². The van der Waals surface area contributed by atoms with Crippen LogP contribution >= 0.6 is 11.8 Å². The number of nitrogens with zero attached hydrogens (tertiary/aromatic N) is 2. The zero-order valence-corrected chi connectivity index (χ0v) is 15.6. The summed E-state index contributed by atoms with van der Waals surface area (Å²) in [5.41, 5.74) is 0.862.